The summed E-state index contributed by atoms with van der Waals surface area (Å²) in [5.74, 6) is 1.32. The molecular weight excluding hydrogens is 549 g/mol. The first kappa shape index (κ1) is 21.7. The predicted molar refractivity (Wildman–Crippen MR) is 139 cm³/mol. The van der Waals surface area contributed by atoms with Crippen molar-refractivity contribution in [3.8, 4) is 10.6 Å². The van der Waals surface area contributed by atoms with E-state index in [1.54, 1.807) is 17.5 Å². The van der Waals surface area contributed by atoms with E-state index >= 15 is 0 Å². The van der Waals surface area contributed by atoms with Crippen molar-refractivity contribution in [2.75, 3.05) is 16.0 Å². The topological polar surface area (TPSA) is 105 Å². The molecule has 0 saturated heterocycles. The lowest BCUT2D eigenvalue weighted by atomic mass is 10.2. The van der Waals surface area contributed by atoms with E-state index in [4.69, 9.17) is 0 Å². The first-order valence-electron chi connectivity index (χ1n) is 10.4. The number of anilines is 5. The largest absolute Gasteiger partial charge is 0.337 e. The van der Waals surface area contributed by atoms with Crippen LogP contribution in [0.2, 0.25) is 0 Å². The van der Waals surface area contributed by atoms with E-state index in [-0.39, 0.29) is 11.8 Å². The van der Waals surface area contributed by atoms with Gasteiger partial charge in [0.25, 0.3) is 0 Å². The summed E-state index contributed by atoms with van der Waals surface area (Å²) in [4.78, 5) is 21.3. The number of nitrogens with one attached hydrogen (secondary N) is 3. The molecule has 10 heteroatoms. The maximum atomic E-state index is 12.2. The van der Waals surface area contributed by atoms with Crippen molar-refractivity contribution in [2.45, 2.75) is 19.8 Å². The fourth-order valence-electron chi connectivity index (χ4n) is 3.16. The third kappa shape index (κ3) is 5.28. The highest BCUT2D eigenvalue weighted by atomic mass is 127. The van der Waals surface area contributed by atoms with E-state index in [0.717, 1.165) is 49.1 Å². The van der Waals surface area contributed by atoms with Gasteiger partial charge in [0.2, 0.25) is 11.9 Å². The lowest BCUT2D eigenvalue weighted by molar-refractivity contribution is -0.117. The van der Waals surface area contributed by atoms with Crippen LogP contribution in [0.15, 0.2) is 54.7 Å². The zero-order valence-electron chi connectivity index (χ0n) is 17.7. The summed E-state index contributed by atoms with van der Waals surface area (Å²) in [6, 6.07) is 15.5. The highest BCUT2D eigenvalue weighted by Crippen LogP contribution is 2.33. The highest BCUT2D eigenvalue weighted by molar-refractivity contribution is 14.1. The van der Waals surface area contributed by atoms with Crippen molar-refractivity contribution in [1.82, 2.24) is 20.2 Å². The van der Waals surface area contributed by atoms with Crippen LogP contribution in [0.25, 0.3) is 10.6 Å². The van der Waals surface area contributed by atoms with Gasteiger partial charge in [0.15, 0.2) is 0 Å². The van der Waals surface area contributed by atoms with Crippen LogP contribution >= 0.6 is 33.9 Å². The van der Waals surface area contributed by atoms with Crippen molar-refractivity contribution < 1.29 is 4.79 Å². The number of hydrogen-bond donors (Lipinski definition) is 3. The Morgan fingerprint density at radius 2 is 1.79 bits per heavy atom. The molecule has 1 aliphatic rings. The van der Waals surface area contributed by atoms with E-state index in [9.17, 15) is 4.79 Å². The predicted octanol–water partition coefficient (Wildman–Crippen LogP) is 5.74. The van der Waals surface area contributed by atoms with Crippen molar-refractivity contribution in [3.63, 3.8) is 0 Å². The Kier molecular flexibility index (Phi) is 6.18. The van der Waals surface area contributed by atoms with Gasteiger partial charge in [-0.25, -0.2) is 4.98 Å². The molecule has 1 saturated carbocycles. The Hall–Kier alpha value is -3.12. The second kappa shape index (κ2) is 9.40. The Morgan fingerprint density at radius 1 is 1.03 bits per heavy atom. The molecule has 0 radical (unpaired) electrons. The number of carbonyl (C=O) groups excluding carboxylic acids is 1. The van der Waals surface area contributed by atoms with Gasteiger partial charge in [-0.1, -0.05) is 23.5 Å². The zero-order valence-corrected chi connectivity index (χ0v) is 20.6. The van der Waals surface area contributed by atoms with Crippen molar-refractivity contribution in [2.24, 2.45) is 5.92 Å². The standard InChI is InChI=1S/C23H20IN7OS/c1-13-30-31-22(33-13)15-8-10-16(11-9-15)26-23-25-12-17(24)20(29-23)27-18-4-2-3-5-19(18)28-21(32)14-6-7-14/h2-5,8-12,14H,6-7H2,1H3,(H,28,32)(H2,25,26,27,29). The number of amides is 1. The van der Waals surface area contributed by atoms with Crippen LogP contribution in [0.1, 0.15) is 17.8 Å². The van der Waals surface area contributed by atoms with Crippen LogP contribution in [0.5, 0.6) is 0 Å². The smallest absolute Gasteiger partial charge is 0.229 e. The Morgan fingerprint density at radius 3 is 2.48 bits per heavy atom. The lowest BCUT2D eigenvalue weighted by Crippen LogP contribution is -2.14. The average molecular weight is 569 g/mol. The highest BCUT2D eigenvalue weighted by Gasteiger charge is 2.30. The van der Waals surface area contributed by atoms with E-state index < -0.39 is 0 Å². The quantitative estimate of drug-likeness (QED) is 0.244. The van der Waals surface area contributed by atoms with Crippen LogP contribution < -0.4 is 16.0 Å². The summed E-state index contributed by atoms with van der Waals surface area (Å²) in [6.07, 6.45) is 3.67. The number of aromatic nitrogens is 4. The number of nitrogens with zero attached hydrogens (tertiary/aromatic N) is 4. The Balaban J connectivity index is 1.32. The van der Waals surface area contributed by atoms with Crippen LogP contribution in [0, 0.1) is 16.4 Å². The van der Waals surface area contributed by atoms with E-state index in [1.807, 2.05) is 55.5 Å². The van der Waals surface area contributed by atoms with Gasteiger partial charge in [0.05, 0.1) is 14.9 Å². The second-order valence-electron chi connectivity index (χ2n) is 7.65. The molecule has 1 aliphatic carbocycles. The summed E-state index contributed by atoms with van der Waals surface area (Å²) in [5.41, 5.74) is 3.40. The summed E-state index contributed by atoms with van der Waals surface area (Å²) in [7, 11) is 0. The van der Waals surface area contributed by atoms with E-state index in [0.29, 0.717) is 11.8 Å². The number of rotatable bonds is 7. The van der Waals surface area contributed by atoms with Crippen molar-refractivity contribution >= 4 is 68.7 Å². The molecule has 2 heterocycles. The zero-order chi connectivity index (χ0) is 22.8. The molecule has 0 unspecified atom stereocenters. The van der Waals surface area contributed by atoms with Crippen LogP contribution in [0.3, 0.4) is 0 Å². The molecule has 1 amide bonds. The minimum Gasteiger partial charge on any atom is -0.337 e. The molecule has 166 valence electrons. The lowest BCUT2D eigenvalue weighted by Gasteiger charge is -2.14. The molecule has 2 aromatic heterocycles. The number of benzene rings is 2. The summed E-state index contributed by atoms with van der Waals surface area (Å²) >= 11 is 3.75. The summed E-state index contributed by atoms with van der Waals surface area (Å²) in [5, 5.41) is 19.7. The Bertz CT molecular complexity index is 1300. The molecule has 0 atom stereocenters. The summed E-state index contributed by atoms with van der Waals surface area (Å²) in [6.45, 7) is 1.94. The molecule has 0 spiro atoms. The third-order valence-corrected chi connectivity index (χ3v) is 6.72. The van der Waals surface area contributed by atoms with Crippen LogP contribution in [0.4, 0.5) is 28.8 Å². The number of aryl methyl sites for hydroxylation is 1. The Labute approximate surface area is 208 Å². The molecule has 0 aliphatic heterocycles. The molecule has 1 fully saturated rings. The first-order chi connectivity index (χ1) is 16.0. The normalized spacial score (nSPS) is 12.9. The summed E-state index contributed by atoms with van der Waals surface area (Å²) < 4.78 is 0.864. The third-order valence-electron chi connectivity index (χ3n) is 5.04. The first-order valence-corrected chi connectivity index (χ1v) is 12.3. The molecule has 33 heavy (non-hydrogen) atoms. The maximum absolute atomic E-state index is 12.2. The van der Waals surface area contributed by atoms with Gasteiger partial charge < -0.3 is 16.0 Å². The van der Waals surface area contributed by atoms with Gasteiger partial charge in [-0.2, -0.15) is 4.98 Å². The molecule has 0 bridgehead atoms. The number of carbonyl (C=O) groups is 1. The fraction of sp³-hybridized carbons (Fsp3) is 0.174. The van der Waals surface area contributed by atoms with Crippen LogP contribution in [-0.2, 0) is 4.79 Å². The number of para-hydroxylation sites is 2. The minimum atomic E-state index is 0.0659. The molecular formula is C23H20IN7OS. The monoisotopic (exact) mass is 569 g/mol. The molecule has 5 rings (SSSR count). The fourth-order valence-corrected chi connectivity index (χ4v) is 4.25. The van der Waals surface area contributed by atoms with Gasteiger partial charge in [0, 0.05) is 23.4 Å². The van der Waals surface area contributed by atoms with Gasteiger partial charge >= 0.3 is 0 Å². The average Bonchev–Trinajstić information content (AvgIpc) is 3.59. The second-order valence-corrected chi connectivity index (χ2v) is 10.00. The van der Waals surface area contributed by atoms with Gasteiger partial charge in [-0.15, -0.1) is 10.2 Å². The van der Waals surface area contributed by atoms with Gasteiger partial charge in [-0.05, 0) is 78.8 Å². The van der Waals surface area contributed by atoms with Crippen molar-refractivity contribution in [1.29, 1.82) is 0 Å². The van der Waals surface area contributed by atoms with E-state index in [1.165, 1.54) is 0 Å². The molecule has 8 nitrogen and oxygen atoms in total. The molecule has 3 N–H and O–H groups in total. The number of hydrogen-bond acceptors (Lipinski definition) is 8. The van der Waals surface area contributed by atoms with E-state index in [2.05, 4.69) is 58.7 Å². The van der Waals surface area contributed by atoms with Crippen molar-refractivity contribution in [3.05, 3.63) is 63.3 Å². The van der Waals surface area contributed by atoms with Crippen LogP contribution in [-0.4, -0.2) is 26.1 Å². The minimum absolute atomic E-state index is 0.0659. The SMILES string of the molecule is Cc1nnc(-c2ccc(Nc3ncc(I)c(Nc4ccccc4NC(=O)C4CC4)n3)cc2)s1. The van der Waals surface area contributed by atoms with Gasteiger partial charge in [0.1, 0.15) is 15.8 Å². The molecule has 2 aromatic carbocycles. The molecule has 4 aromatic rings. The maximum Gasteiger partial charge on any atom is 0.229 e. The number of halogens is 1. The van der Waals surface area contributed by atoms with Gasteiger partial charge in [-0.3, -0.25) is 4.79 Å².